The van der Waals surface area contributed by atoms with Crippen molar-refractivity contribution in [3.8, 4) is 11.5 Å². The number of methoxy groups -OCH3 is 2. The maximum absolute atomic E-state index is 12.3. The first-order valence-corrected chi connectivity index (χ1v) is 8.82. The smallest absolute Gasteiger partial charge is 0.410 e. The molecule has 6 heteroatoms. The van der Waals surface area contributed by atoms with Crippen LogP contribution < -0.4 is 4.74 Å². The molecule has 0 radical (unpaired) electrons. The normalized spacial score (nSPS) is 16.3. The highest BCUT2D eigenvalue weighted by Crippen LogP contribution is 2.39. The first kappa shape index (κ1) is 17.6. The van der Waals surface area contributed by atoms with E-state index in [-0.39, 0.29) is 17.9 Å². The molecule has 3 rings (SSSR count). The van der Waals surface area contributed by atoms with Gasteiger partial charge in [0.1, 0.15) is 0 Å². The number of nitrogens with zero attached hydrogens (tertiary/aromatic N) is 1. The molecular formula is C19H20BrNO4. The van der Waals surface area contributed by atoms with Crippen molar-refractivity contribution >= 4 is 22.0 Å². The van der Waals surface area contributed by atoms with Crippen molar-refractivity contribution in [2.24, 2.45) is 0 Å². The Hall–Kier alpha value is -2.21. The van der Waals surface area contributed by atoms with Crippen LogP contribution in [-0.2, 0) is 17.6 Å². The van der Waals surface area contributed by atoms with Crippen molar-refractivity contribution in [1.29, 1.82) is 0 Å². The predicted molar refractivity (Wildman–Crippen MR) is 98.1 cm³/mol. The van der Waals surface area contributed by atoms with Crippen LogP contribution in [0.1, 0.15) is 22.7 Å². The first-order chi connectivity index (χ1) is 12.0. The molecule has 0 saturated heterocycles. The number of phenols is 1. The van der Waals surface area contributed by atoms with Crippen LogP contribution in [0.2, 0.25) is 0 Å². The second kappa shape index (κ2) is 7.35. The van der Waals surface area contributed by atoms with E-state index in [4.69, 9.17) is 9.47 Å². The molecule has 0 saturated carbocycles. The number of rotatable bonds is 3. The largest absolute Gasteiger partial charge is 0.504 e. The summed E-state index contributed by atoms with van der Waals surface area (Å²) >= 11 is 3.57. The molecule has 1 atom stereocenters. The number of hydrogen-bond acceptors (Lipinski definition) is 4. The minimum absolute atomic E-state index is 0.0742. The van der Waals surface area contributed by atoms with E-state index in [1.165, 1.54) is 14.2 Å². The number of benzene rings is 2. The highest BCUT2D eigenvalue weighted by atomic mass is 79.9. The SMILES string of the molecule is COC(=O)N1CCc2cc(OC)c(O)cc2C1Cc1ccccc1Br. The van der Waals surface area contributed by atoms with Crippen LogP contribution in [0.25, 0.3) is 0 Å². The fourth-order valence-electron chi connectivity index (χ4n) is 3.31. The summed E-state index contributed by atoms with van der Waals surface area (Å²) in [6.45, 7) is 0.558. The van der Waals surface area contributed by atoms with E-state index in [9.17, 15) is 9.90 Å². The molecule has 1 amide bonds. The first-order valence-electron chi connectivity index (χ1n) is 8.03. The van der Waals surface area contributed by atoms with Crippen LogP contribution in [0.4, 0.5) is 4.79 Å². The molecule has 0 bridgehead atoms. The Labute approximate surface area is 155 Å². The molecule has 1 heterocycles. The molecule has 2 aromatic carbocycles. The monoisotopic (exact) mass is 405 g/mol. The van der Waals surface area contributed by atoms with Crippen LogP contribution in [-0.4, -0.2) is 36.9 Å². The van der Waals surface area contributed by atoms with E-state index >= 15 is 0 Å². The Bertz CT molecular complexity index is 793. The van der Waals surface area contributed by atoms with Crippen molar-refractivity contribution in [3.05, 3.63) is 57.6 Å². The summed E-state index contributed by atoms with van der Waals surface area (Å²) in [6, 6.07) is 11.3. The Morgan fingerprint density at radius 3 is 2.76 bits per heavy atom. The van der Waals surface area contributed by atoms with Gasteiger partial charge in [-0.25, -0.2) is 4.79 Å². The van der Waals surface area contributed by atoms with Gasteiger partial charge in [0.05, 0.1) is 20.3 Å². The number of ether oxygens (including phenoxy) is 2. The van der Waals surface area contributed by atoms with E-state index in [1.807, 2.05) is 30.3 Å². The zero-order valence-electron chi connectivity index (χ0n) is 14.2. The van der Waals surface area contributed by atoms with Crippen LogP contribution >= 0.6 is 15.9 Å². The maximum atomic E-state index is 12.3. The Balaban J connectivity index is 2.05. The Morgan fingerprint density at radius 2 is 2.08 bits per heavy atom. The van der Waals surface area contributed by atoms with Gasteiger partial charge in [0, 0.05) is 11.0 Å². The molecule has 132 valence electrons. The Kier molecular flexibility index (Phi) is 5.18. The minimum atomic E-state index is -0.363. The third-order valence-corrected chi connectivity index (χ3v) is 5.35. The number of fused-ring (bicyclic) bond motifs is 1. The van der Waals surface area contributed by atoms with Gasteiger partial charge in [-0.3, -0.25) is 0 Å². The lowest BCUT2D eigenvalue weighted by Gasteiger charge is -2.37. The van der Waals surface area contributed by atoms with Gasteiger partial charge in [0.25, 0.3) is 0 Å². The standard InChI is InChI=1S/C19H20BrNO4/c1-24-18-10-12-7-8-21(19(23)25-2)16(14(12)11-17(18)22)9-13-5-3-4-6-15(13)20/h3-6,10-11,16,22H,7-9H2,1-2H3. The van der Waals surface area contributed by atoms with Gasteiger partial charge in [-0.05, 0) is 47.7 Å². The summed E-state index contributed by atoms with van der Waals surface area (Å²) in [5, 5.41) is 10.2. The van der Waals surface area contributed by atoms with E-state index in [1.54, 1.807) is 11.0 Å². The Morgan fingerprint density at radius 1 is 1.32 bits per heavy atom. The van der Waals surface area contributed by atoms with Crippen molar-refractivity contribution in [2.75, 3.05) is 20.8 Å². The molecule has 25 heavy (non-hydrogen) atoms. The quantitative estimate of drug-likeness (QED) is 0.835. The van der Waals surface area contributed by atoms with E-state index < -0.39 is 0 Å². The summed E-state index contributed by atoms with van der Waals surface area (Å²) in [5.74, 6) is 0.523. The molecule has 2 aromatic rings. The van der Waals surface area contributed by atoms with Crippen molar-refractivity contribution < 1.29 is 19.4 Å². The van der Waals surface area contributed by atoms with Gasteiger partial charge in [-0.15, -0.1) is 0 Å². The molecule has 0 fully saturated rings. The van der Waals surface area contributed by atoms with E-state index in [2.05, 4.69) is 15.9 Å². The second-order valence-electron chi connectivity index (χ2n) is 5.95. The number of carbonyl (C=O) groups excluding carboxylic acids is 1. The number of amides is 1. The number of halogens is 1. The molecule has 0 aromatic heterocycles. The topological polar surface area (TPSA) is 59.0 Å². The van der Waals surface area contributed by atoms with Gasteiger partial charge >= 0.3 is 6.09 Å². The van der Waals surface area contributed by atoms with Crippen LogP contribution in [0.5, 0.6) is 11.5 Å². The molecular weight excluding hydrogens is 386 g/mol. The average molecular weight is 406 g/mol. The highest BCUT2D eigenvalue weighted by Gasteiger charge is 2.33. The van der Waals surface area contributed by atoms with Gasteiger partial charge < -0.3 is 19.5 Å². The van der Waals surface area contributed by atoms with Crippen molar-refractivity contribution in [3.63, 3.8) is 0 Å². The number of aromatic hydroxyl groups is 1. The van der Waals surface area contributed by atoms with Gasteiger partial charge in [-0.2, -0.15) is 0 Å². The lowest BCUT2D eigenvalue weighted by Crippen LogP contribution is -2.41. The van der Waals surface area contributed by atoms with Crippen LogP contribution in [0, 0.1) is 0 Å². The summed E-state index contributed by atoms with van der Waals surface area (Å²) in [4.78, 5) is 14.0. The second-order valence-corrected chi connectivity index (χ2v) is 6.80. The molecule has 0 aliphatic carbocycles. The lowest BCUT2D eigenvalue weighted by molar-refractivity contribution is 0.100. The molecule has 5 nitrogen and oxygen atoms in total. The number of hydrogen-bond donors (Lipinski definition) is 1. The van der Waals surface area contributed by atoms with Crippen molar-refractivity contribution in [1.82, 2.24) is 4.90 Å². The van der Waals surface area contributed by atoms with Gasteiger partial charge in [-0.1, -0.05) is 34.1 Å². The number of carbonyl (C=O) groups is 1. The maximum Gasteiger partial charge on any atom is 0.410 e. The summed E-state index contributed by atoms with van der Waals surface area (Å²) in [5.41, 5.74) is 3.09. The lowest BCUT2D eigenvalue weighted by atomic mass is 9.88. The fourth-order valence-corrected chi connectivity index (χ4v) is 3.76. The molecule has 1 N–H and O–H groups in total. The molecule has 1 unspecified atom stereocenters. The molecule has 0 spiro atoms. The third kappa shape index (κ3) is 3.44. The fraction of sp³-hybridized carbons (Fsp3) is 0.316. The minimum Gasteiger partial charge on any atom is -0.504 e. The third-order valence-electron chi connectivity index (χ3n) is 4.58. The van der Waals surface area contributed by atoms with Gasteiger partial charge in [0.2, 0.25) is 0 Å². The molecule has 1 aliphatic rings. The van der Waals surface area contributed by atoms with Gasteiger partial charge in [0.15, 0.2) is 11.5 Å². The van der Waals surface area contributed by atoms with Crippen molar-refractivity contribution in [2.45, 2.75) is 18.9 Å². The highest BCUT2D eigenvalue weighted by molar-refractivity contribution is 9.10. The average Bonchev–Trinajstić information content (AvgIpc) is 2.62. The van der Waals surface area contributed by atoms with Crippen LogP contribution in [0.15, 0.2) is 40.9 Å². The summed E-state index contributed by atoms with van der Waals surface area (Å²) < 4.78 is 11.2. The summed E-state index contributed by atoms with van der Waals surface area (Å²) in [7, 11) is 2.92. The predicted octanol–water partition coefficient (Wildman–Crippen LogP) is 4.07. The zero-order valence-corrected chi connectivity index (χ0v) is 15.7. The summed E-state index contributed by atoms with van der Waals surface area (Å²) in [6.07, 6.45) is 0.945. The van der Waals surface area contributed by atoms with Crippen LogP contribution in [0.3, 0.4) is 0 Å². The molecule has 1 aliphatic heterocycles. The van der Waals surface area contributed by atoms with E-state index in [0.29, 0.717) is 25.1 Å². The number of phenolic OH excluding ortho intramolecular Hbond substituents is 1. The zero-order chi connectivity index (χ0) is 18.0. The van der Waals surface area contributed by atoms with E-state index in [0.717, 1.165) is 21.2 Å².